The average Bonchev–Trinajstić information content (AvgIpc) is 3.00. The minimum absolute atomic E-state index is 0.0641. The SMILES string of the molecule is CC(=O)NCCSC(=O)CCC(=O)OC(CCCN1C(=O)c2ccccc2C1=O)OC(C)=O. The molecule has 0 bridgehead atoms. The zero-order valence-electron chi connectivity index (χ0n) is 18.5. The molecule has 0 aromatic heterocycles. The van der Waals surface area contributed by atoms with Crippen LogP contribution in [0.5, 0.6) is 0 Å². The number of nitrogens with zero attached hydrogens (tertiary/aromatic N) is 1. The number of thioether (sulfide) groups is 1. The van der Waals surface area contributed by atoms with Crippen molar-refractivity contribution in [2.45, 2.75) is 45.8 Å². The molecule has 1 N–H and O–H groups in total. The Hall–Kier alpha value is -3.21. The second kappa shape index (κ2) is 12.7. The van der Waals surface area contributed by atoms with Gasteiger partial charge in [0.2, 0.25) is 12.2 Å². The Morgan fingerprint density at radius 1 is 1.00 bits per heavy atom. The number of amides is 3. The number of carbonyl (C=O) groups is 6. The Balaban J connectivity index is 1.76. The molecule has 1 unspecified atom stereocenters. The van der Waals surface area contributed by atoms with Crippen LogP contribution in [0.3, 0.4) is 0 Å². The number of hydrogen-bond acceptors (Lipinski definition) is 9. The second-order valence-electron chi connectivity index (χ2n) is 7.18. The molecule has 1 aromatic carbocycles. The van der Waals surface area contributed by atoms with Gasteiger partial charge in [0.15, 0.2) is 5.12 Å². The number of carbonyl (C=O) groups excluding carboxylic acids is 6. The van der Waals surface area contributed by atoms with Gasteiger partial charge in [0.05, 0.1) is 17.5 Å². The zero-order valence-corrected chi connectivity index (χ0v) is 19.3. The highest BCUT2D eigenvalue weighted by Gasteiger charge is 2.34. The summed E-state index contributed by atoms with van der Waals surface area (Å²) in [5.41, 5.74) is 0.676. The van der Waals surface area contributed by atoms with Crippen molar-refractivity contribution in [2.24, 2.45) is 0 Å². The molecule has 3 amide bonds. The van der Waals surface area contributed by atoms with Crippen LogP contribution in [-0.2, 0) is 28.7 Å². The lowest BCUT2D eigenvalue weighted by atomic mass is 10.1. The predicted molar refractivity (Wildman–Crippen MR) is 118 cm³/mol. The van der Waals surface area contributed by atoms with Crippen molar-refractivity contribution >= 4 is 46.5 Å². The topological polar surface area (TPSA) is 136 Å². The summed E-state index contributed by atoms with van der Waals surface area (Å²) >= 11 is 0.997. The van der Waals surface area contributed by atoms with E-state index in [9.17, 15) is 28.8 Å². The van der Waals surface area contributed by atoms with Gasteiger partial charge in [-0.1, -0.05) is 23.9 Å². The number of hydrogen-bond donors (Lipinski definition) is 1. The van der Waals surface area contributed by atoms with Crippen LogP contribution in [0.4, 0.5) is 0 Å². The van der Waals surface area contributed by atoms with E-state index < -0.39 is 30.0 Å². The van der Waals surface area contributed by atoms with E-state index in [0.29, 0.717) is 23.4 Å². The normalized spacial score (nSPS) is 13.3. The molecule has 1 aliphatic heterocycles. The van der Waals surface area contributed by atoms with Gasteiger partial charge < -0.3 is 14.8 Å². The fourth-order valence-corrected chi connectivity index (χ4v) is 3.74. The number of ether oxygens (including phenoxy) is 2. The summed E-state index contributed by atoms with van der Waals surface area (Å²) < 4.78 is 10.2. The maximum absolute atomic E-state index is 12.4. The second-order valence-corrected chi connectivity index (χ2v) is 8.33. The summed E-state index contributed by atoms with van der Waals surface area (Å²) in [7, 11) is 0. The molecule has 0 spiro atoms. The first-order valence-electron chi connectivity index (χ1n) is 10.4. The van der Waals surface area contributed by atoms with E-state index in [0.717, 1.165) is 16.7 Å². The van der Waals surface area contributed by atoms with E-state index in [2.05, 4.69) is 5.32 Å². The molecule has 0 aliphatic carbocycles. The number of rotatable bonds is 12. The van der Waals surface area contributed by atoms with E-state index in [-0.39, 0.29) is 43.3 Å². The summed E-state index contributed by atoms with van der Waals surface area (Å²) in [6, 6.07) is 6.52. The van der Waals surface area contributed by atoms with Crippen LogP contribution < -0.4 is 5.32 Å². The van der Waals surface area contributed by atoms with Crippen molar-refractivity contribution in [2.75, 3.05) is 18.8 Å². The standard InChI is InChI=1S/C22H26N2O8S/c1-14(25)23-11-13-33-19(28)10-9-18(27)32-20(31-15(2)26)8-5-12-24-21(29)16-6-3-4-7-17(16)22(24)30/h3-4,6-7,20H,5,8-13H2,1-2H3,(H,23,25). The summed E-state index contributed by atoms with van der Waals surface area (Å²) in [6.07, 6.45) is -1.12. The van der Waals surface area contributed by atoms with E-state index in [1.807, 2.05) is 0 Å². The van der Waals surface area contributed by atoms with Crippen LogP contribution in [0.25, 0.3) is 0 Å². The zero-order chi connectivity index (χ0) is 24.4. The van der Waals surface area contributed by atoms with Gasteiger partial charge in [-0.2, -0.15) is 0 Å². The van der Waals surface area contributed by atoms with E-state index in [1.54, 1.807) is 24.3 Å². The maximum atomic E-state index is 12.4. The number of fused-ring (bicyclic) bond motifs is 1. The number of imide groups is 1. The van der Waals surface area contributed by atoms with Gasteiger partial charge in [0.1, 0.15) is 0 Å². The quantitative estimate of drug-likeness (QED) is 0.206. The molecular formula is C22H26N2O8S. The number of esters is 2. The third kappa shape index (κ3) is 8.33. The highest BCUT2D eigenvalue weighted by molar-refractivity contribution is 8.13. The smallest absolute Gasteiger partial charge is 0.309 e. The summed E-state index contributed by atoms with van der Waals surface area (Å²) in [5, 5.41) is 2.33. The molecule has 178 valence electrons. The van der Waals surface area contributed by atoms with Crippen molar-refractivity contribution in [1.82, 2.24) is 10.2 Å². The van der Waals surface area contributed by atoms with E-state index in [4.69, 9.17) is 9.47 Å². The van der Waals surface area contributed by atoms with Gasteiger partial charge in [0, 0.05) is 45.5 Å². The van der Waals surface area contributed by atoms with Crippen molar-refractivity contribution < 1.29 is 38.2 Å². The first-order chi connectivity index (χ1) is 15.7. The Labute approximate surface area is 195 Å². The highest BCUT2D eigenvalue weighted by atomic mass is 32.2. The van der Waals surface area contributed by atoms with E-state index in [1.165, 1.54) is 13.8 Å². The molecule has 1 heterocycles. The fourth-order valence-electron chi connectivity index (χ4n) is 3.06. The van der Waals surface area contributed by atoms with Gasteiger partial charge in [-0.05, 0) is 18.6 Å². The molecule has 10 nitrogen and oxygen atoms in total. The first-order valence-corrected chi connectivity index (χ1v) is 11.4. The molecule has 1 aromatic rings. The third-order valence-electron chi connectivity index (χ3n) is 4.53. The van der Waals surface area contributed by atoms with Gasteiger partial charge in [-0.15, -0.1) is 0 Å². The number of nitrogens with one attached hydrogen (secondary N) is 1. The van der Waals surface area contributed by atoms with Gasteiger partial charge in [-0.25, -0.2) is 0 Å². The largest absolute Gasteiger partial charge is 0.425 e. The molecule has 0 saturated heterocycles. The van der Waals surface area contributed by atoms with Gasteiger partial charge >= 0.3 is 11.9 Å². The predicted octanol–water partition coefficient (Wildman–Crippen LogP) is 1.67. The van der Waals surface area contributed by atoms with Crippen molar-refractivity contribution in [3.63, 3.8) is 0 Å². The molecule has 0 saturated carbocycles. The van der Waals surface area contributed by atoms with Gasteiger partial charge in [0.25, 0.3) is 11.8 Å². The Morgan fingerprint density at radius 3 is 2.21 bits per heavy atom. The maximum Gasteiger partial charge on any atom is 0.309 e. The van der Waals surface area contributed by atoms with Crippen LogP contribution in [0.2, 0.25) is 0 Å². The Bertz CT molecular complexity index is 898. The van der Waals surface area contributed by atoms with Crippen molar-refractivity contribution in [3.8, 4) is 0 Å². The molecule has 0 radical (unpaired) electrons. The van der Waals surface area contributed by atoms with Crippen molar-refractivity contribution in [1.29, 1.82) is 0 Å². The van der Waals surface area contributed by atoms with Crippen molar-refractivity contribution in [3.05, 3.63) is 35.4 Å². The Kier molecular flexibility index (Phi) is 10.0. The molecule has 33 heavy (non-hydrogen) atoms. The van der Waals surface area contributed by atoms with Gasteiger partial charge in [-0.3, -0.25) is 33.7 Å². The molecule has 2 rings (SSSR count). The Morgan fingerprint density at radius 2 is 1.64 bits per heavy atom. The molecular weight excluding hydrogens is 452 g/mol. The minimum Gasteiger partial charge on any atom is -0.425 e. The van der Waals surface area contributed by atoms with Crippen LogP contribution in [-0.4, -0.2) is 64.8 Å². The summed E-state index contributed by atoms with van der Waals surface area (Å²) in [6.45, 7) is 2.96. The van der Waals surface area contributed by atoms with Crippen LogP contribution in [0, 0.1) is 0 Å². The lowest BCUT2D eigenvalue weighted by molar-refractivity contribution is -0.187. The monoisotopic (exact) mass is 478 g/mol. The van der Waals surface area contributed by atoms with Crippen LogP contribution >= 0.6 is 11.8 Å². The number of benzene rings is 1. The fraction of sp³-hybridized carbons (Fsp3) is 0.455. The summed E-state index contributed by atoms with van der Waals surface area (Å²) in [4.78, 5) is 71.9. The first kappa shape index (κ1) is 26.0. The minimum atomic E-state index is -1.19. The average molecular weight is 479 g/mol. The molecule has 1 aliphatic rings. The van der Waals surface area contributed by atoms with Crippen LogP contribution in [0.15, 0.2) is 24.3 Å². The molecule has 11 heteroatoms. The third-order valence-corrected chi connectivity index (χ3v) is 5.47. The molecule has 0 fully saturated rings. The summed E-state index contributed by atoms with van der Waals surface area (Å²) in [5.74, 6) is -1.96. The lowest BCUT2D eigenvalue weighted by Crippen LogP contribution is -2.32. The lowest BCUT2D eigenvalue weighted by Gasteiger charge is -2.19. The molecule has 1 atom stereocenters. The van der Waals surface area contributed by atoms with E-state index >= 15 is 0 Å². The van der Waals surface area contributed by atoms with Crippen LogP contribution in [0.1, 0.15) is 60.2 Å². The highest BCUT2D eigenvalue weighted by Crippen LogP contribution is 2.23.